The Morgan fingerprint density at radius 1 is 1.10 bits per heavy atom. The lowest BCUT2D eigenvalue weighted by Gasteiger charge is -2.20. The van der Waals surface area contributed by atoms with Crippen LogP contribution in [0.25, 0.3) is 0 Å². The highest BCUT2D eigenvalue weighted by atomic mass is 127. The quantitative estimate of drug-likeness (QED) is 0.414. The summed E-state index contributed by atoms with van der Waals surface area (Å²) in [6.07, 6.45) is 2.34. The van der Waals surface area contributed by atoms with Gasteiger partial charge in [0.05, 0.1) is 0 Å². The third-order valence-electron chi connectivity index (χ3n) is 2.38. The van der Waals surface area contributed by atoms with Gasteiger partial charge in [-0.25, -0.2) is 0 Å². The molecule has 0 aromatic heterocycles. The monoisotopic (exact) mass is 270 g/mol. The van der Waals surface area contributed by atoms with Crippen LogP contribution >= 0.6 is 21.8 Å². The zero-order chi connectivity index (χ0) is 8.15. The zero-order valence-electron chi connectivity index (χ0n) is 7.52. The molecule has 0 fully saturated rings. The Bertz CT molecular complexity index is 75.3. The molecule has 0 aromatic rings. The van der Waals surface area contributed by atoms with Crippen LogP contribution in [0.2, 0.25) is 11.1 Å². The first-order valence-electron chi connectivity index (χ1n) is 4.27. The van der Waals surface area contributed by atoms with Crippen molar-refractivity contribution in [1.82, 2.24) is 0 Å². The molecular weight excluding hydrogens is 251 g/mol. The third-order valence-corrected chi connectivity index (χ3v) is 12.9. The summed E-state index contributed by atoms with van der Waals surface area (Å²) in [5.41, 5.74) is 2.05. The highest BCUT2D eigenvalue weighted by Gasteiger charge is 2.19. The molecule has 0 amide bonds. The predicted molar refractivity (Wildman–Crippen MR) is 60.6 cm³/mol. The van der Waals surface area contributed by atoms with Crippen molar-refractivity contribution in [2.24, 2.45) is 0 Å². The standard InChI is InChI=1S/C8H19ISi/c1-5-7(3)10(9)8(4)6-2/h7-8,10H,5-6H2,1-4H3. The fraction of sp³-hybridized carbons (Fsp3) is 1.00. The second-order valence-electron chi connectivity index (χ2n) is 3.22. The number of halogens is 1. The molecule has 2 heteroatoms. The Kier molecular flexibility index (Phi) is 6.11. The van der Waals surface area contributed by atoms with Gasteiger partial charge in [-0.2, -0.15) is 0 Å². The largest absolute Gasteiger partial charge is 0.123 e. The van der Waals surface area contributed by atoms with Gasteiger partial charge in [0.15, 0.2) is 0 Å². The van der Waals surface area contributed by atoms with Gasteiger partial charge in [-0.3, -0.25) is 0 Å². The molecule has 0 rings (SSSR count). The van der Waals surface area contributed by atoms with Gasteiger partial charge in [-0.1, -0.05) is 40.5 Å². The molecule has 62 valence electrons. The van der Waals surface area contributed by atoms with Crippen LogP contribution in [0.5, 0.6) is 0 Å². The Morgan fingerprint density at radius 2 is 1.40 bits per heavy atom. The molecule has 0 aliphatic carbocycles. The van der Waals surface area contributed by atoms with E-state index in [9.17, 15) is 0 Å². The van der Waals surface area contributed by atoms with Gasteiger partial charge in [0.2, 0.25) is 0 Å². The van der Waals surface area contributed by atoms with E-state index >= 15 is 0 Å². The summed E-state index contributed by atoms with van der Waals surface area (Å²) in [5.74, 6) is 0. The first-order chi connectivity index (χ1) is 4.63. The molecule has 0 heterocycles. The zero-order valence-corrected chi connectivity index (χ0v) is 10.8. The van der Waals surface area contributed by atoms with E-state index < -0.39 is 6.29 Å². The maximum absolute atomic E-state index is 2.73. The van der Waals surface area contributed by atoms with Crippen LogP contribution in [0.4, 0.5) is 0 Å². The average Bonchev–Trinajstić information content (AvgIpc) is 2.00. The van der Waals surface area contributed by atoms with Crippen LogP contribution < -0.4 is 0 Å². The SMILES string of the molecule is CCC(C)[SiH](I)C(C)CC. The predicted octanol–water partition coefficient (Wildman–Crippen LogP) is 3.75. The third kappa shape index (κ3) is 3.37. The van der Waals surface area contributed by atoms with Crippen molar-refractivity contribution in [2.75, 3.05) is 0 Å². The summed E-state index contributed by atoms with van der Waals surface area (Å²) >= 11 is 2.73. The second-order valence-corrected chi connectivity index (χ2v) is 10.7. The minimum atomic E-state index is -0.420. The first kappa shape index (κ1) is 10.9. The first-order valence-corrected chi connectivity index (χ1v) is 9.78. The molecule has 10 heavy (non-hydrogen) atoms. The normalized spacial score (nSPS) is 20.1. The summed E-state index contributed by atoms with van der Waals surface area (Å²) in [7, 11) is 0. The van der Waals surface area contributed by atoms with E-state index in [4.69, 9.17) is 0 Å². The van der Waals surface area contributed by atoms with Crippen LogP contribution in [-0.4, -0.2) is 6.29 Å². The topological polar surface area (TPSA) is 0 Å². The molecule has 0 saturated carbocycles. The van der Waals surface area contributed by atoms with Gasteiger partial charge in [0, 0.05) is 0 Å². The van der Waals surface area contributed by atoms with Crippen molar-refractivity contribution in [3.05, 3.63) is 0 Å². The number of rotatable bonds is 4. The van der Waals surface area contributed by atoms with Crippen LogP contribution in [-0.2, 0) is 0 Å². The van der Waals surface area contributed by atoms with E-state index in [1.807, 2.05) is 0 Å². The van der Waals surface area contributed by atoms with Crippen molar-refractivity contribution in [3.63, 3.8) is 0 Å². The molecule has 2 unspecified atom stereocenters. The van der Waals surface area contributed by atoms with E-state index in [0.717, 1.165) is 11.1 Å². The fourth-order valence-electron chi connectivity index (χ4n) is 1.01. The van der Waals surface area contributed by atoms with Crippen molar-refractivity contribution in [2.45, 2.75) is 51.6 Å². The van der Waals surface area contributed by atoms with Crippen molar-refractivity contribution < 1.29 is 0 Å². The van der Waals surface area contributed by atoms with Gasteiger partial charge >= 0.3 is 0 Å². The lowest BCUT2D eigenvalue weighted by atomic mass is 10.4. The van der Waals surface area contributed by atoms with Crippen LogP contribution in [0.1, 0.15) is 40.5 Å². The van der Waals surface area contributed by atoms with Crippen LogP contribution in [0, 0.1) is 0 Å². The minimum absolute atomic E-state index is 0.420. The maximum atomic E-state index is 2.73. The lowest BCUT2D eigenvalue weighted by molar-refractivity contribution is 0.801. The summed E-state index contributed by atoms with van der Waals surface area (Å²) < 4.78 is 0. The Labute approximate surface area is 79.6 Å². The average molecular weight is 270 g/mol. The van der Waals surface area contributed by atoms with E-state index in [0.29, 0.717) is 0 Å². The van der Waals surface area contributed by atoms with E-state index in [-0.39, 0.29) is 0 Å². The lowest BCUT2D eigenvalue weighted by Crippen LogP contribution is -2.15. The molecule has 0 bridgehead atoms. The Balaban J connectivity index is 3.69. The molecule has 0 saturated heterocycles. The second kappa shape index (κ2) is 5.58. The van der Waals surface area contributed by atoms with E-state index in [1.165, 1.54) is 12.8 Å². The van der Waals surface area contributed by atoms with Crippen LogP contribution in [0.15, 0.2) is 0 Å². The maximum Gasteiger partial charge on any atom is 0.115 e. The molecule has 0 N–H and O–H groups in total. The molecule has 0 nitrogen and oxygen atoms in total. The summed E-state index contributed by atoms with van der Waals surface area (Å²) in [5, 5.41) is 0. The summed E-state index contributed by atoms with van der Waals surface area (Å²) in [4.78, 5) is 0. The summed E-state index contributed by atoms with van der Waals surface area (Å²) in [6, 6.07) is 0. The van der Waals surface area contributed by atoms with Gasteiger partial charge in [-0.05, 0) is 11.1 Å². The molecular formula is C8H19ISi. The van der Waals surface area contributed by atoms with Gasteiger partial charge < -0.3 is 0 Å². The summed E-state index contributed by atoms with van der Waals surface area (Å²) in [6.45, 7) is 9.45. The van der Waals surface area contributed by atoms with Crippen molar-refractivity contribution in [3.8, 4) is 0 Å². The molecule has 0 spiro atoms. The fourth-order valence-corrected chi connectivity index (χ4v) is 6.08. The van der Waals surface area contributed by atoms with Gasteiger partial charge in [-0.15, -0.1) is 21.8 Å². The van der Waals surface area contributed by atoms with E-state index in [2.05, 4.69) is 49.5 Å². The highest BCUT2D eigenvalue weighted by Crippen LogP contribution is 2.30. The molecule has 0 aromatic carbocycles. The smallest absolute Gasteiger partial charge is 0.115 e. The molecule has 0 radical (unpaired) electrons. The van der Waals surface area contributed by atoms with Crippen molar-refractivity contribution in [1.29, 1.82) is 0 Å². The number of hydrogen-bond acceptors (Lipinski definition) is 0. The Hall–Kier alpha value is 0.947. The van der Waals surface area contributed by atoms with Crippen LogP contribution in [0.3, 0.4) is 0 Å². The highest BCUT2D eigenvalue weighted by molar-refractivity contribution is 14.1. The minimum Gasteiger partial charge on any atom is -0.123 e. The molecule has 2 atom stereocenters. The van der Waals surface area contributed by atoms with Crippen molar-refractivity contribution >= 4 is 28.1 Å². The molecule has 0 aliphatic heterocycles. The van der Waals surface area contributed by atoms with Gasteiger partial charge in [0.1, 0.15) is 6.29 Å². The molecule has 0 aliphatic rings. The van der Waals surface area contributed by atoms with E-state index in [1.54, 1.807) is 0 Å². The number of hydrogen-bond donors (Lipinski definition) is 0. The van der Waals surface area contributed by atoms with Gasteiger partial charge in [0.25, 0.3) is 0 Å². The Morgan fingerprint density at radius 3 is 1.60 bits per heavy atom.